The van der Waals surface area contributed by atoms with Crippen LogP contribution in [0.25, 0.3) is 0 Å². The average Bonchev–Trinajstić information content (AvgIpc) is 2.90. The molecule has 0 saturated carbocycles. The zero-order valence-electron chi connectivity index (χ0n) is 12.5. The maximum absolute atomic E-state index is 11.9. The molecule has 21 heavy (non-hydrogen) atoms. The summed E-state index contributed by atoms with van der Waals surface area (Å²) < 4.78 is 5.47. The van der Waals surface area contributed by atoms with Crippen molar-refractivity contribution in [3.63, 3.8) is 0 Å². The van der Waals surface area contributed by atoms with Crippen LogP contribution in [0, 0.1) is 5.92 Å². The maximum atomic E-state index is 11.9. The summed E-state index contributed by atoms with van der Waals surface area (Å²) in [6.07, 6.45) is 2.08. The Labute approximate surface area is 125 Å². The number of benzene rings is 1. The van der Waals surface area contributed by atoms with Crippen molar-refractivity contribution in [2.45, 2.75) is 32.0 Å². The van der Waals surface area contributed by atoms with Gasteiger partial charge in [0.1, 0.15) is 5.75 Å². The van der Waals surface area contributed by atoms with Gasteiger partial charge >= 0.3 is 0 Å². The van der Waals surface area contributed by atoms with Gasteiger partial charge in [-0.25, -0.2) is 0 Å². The molecule has 3 N–H and O–H groups in total. The first-order valence-corrected chi connectivity index (χ1v) is 7.60. The Morgan fingerprint density at radius 1 is 1.48 bits per heavy atom. The number of rotatable bonds is 4. The van der Waals surface area contributed by atoms with Crippen LogP contribution in [-0.2, 0) is 17.9 Å². The quantitative estimate of drug-likeness (QED) is 0.863. The molecule has 2 fully saturated rings. The summed E-state index contributed by atoms with van der Waals surface area (Å²) in [5.74, 6) is 1.27. The minimum atomic E-state index is 0.155. The van der Waals surface area contributed by atoms with Crippen molar-refractivity contribution in [1.29, 1.82) is 0 Å². The summed E-state index contributed by atoms with van der Waals surface area (Å²) in [6, 6.07) is 6.42. The number of amides is 1. The molecule has 2 saturated heterocycles. The Balaban J connectivity index is 1.80. The monoisotopic (exact) mass is 289 g/mol. The third-order valence-corrected chi connectivity index (χ3v) is 4.67. The predicted molar refractivity (Wildman–Crippen MR) is 80.8 cm³/mol. The zero-order chi connectivity index (χ0) is 14.8. The van der Waals surface area contributed by atoms with Crippen LogP contribution in [0.1, 0.15) is 24.0 Å². The molecule has 1 aromatic carbocycles. The fourth-order valence-corrected chi connectivity index (χ4v) is 3.54. The summed E-state index contributed by atoms with van der Waals surface area (Å²) in [4.78, 5) is 14.3. The number of fused-ring (bicyclic) bond motifs is 1. The molecular weight excluding hydrogens is 266 g/mol. The van der Waals surface area contributed by atoms with Gasteiger partial charge < -0.3 is 15.8 Å². The number of carbonyl (C=O) groups is 1. The number of carbonyl (C=O) groups excluding carboxylic acids is 1. The summed E-state index contributed by atoms with van der Waals surface area (Å²) in [6.45, 7) is 3.14. The third kappa shape index (κ3) is 2.76. The number of nitrogens with two attached hydrogens (primary N) is 1. The molecule has 114 valence electrons. The van der Waals surface area contributed by atoms with Crippen molar-refractivity contribution in [2.75, 3.05) is 20.2 Å². The Hall–Kier alpha value is -1.59. The normalized spacial score (nSPS) is 25.5. The van der Waals surface area contributed by atoms with Crippen LogP contribution in [0.5, 0.6) is 5.75 Å². The van der Waals surface area contributed by atoms with Gasteiger partial charge in [0.25, 0.3) is 0 Å². The molecule has 3 rings (SSSR count). The number of methoxy groups -OCH3 is 1. The lowest BCUT2D eigenvalue weighted by Gasteiger charge is -2.36. The van der Waals surface area contributed by atoms with Crippen LogP contribution >= 0.6 is 0 Å². The smallest absolute Gasteiger partial charge is 0.224 e. The van der Waals surface area contributed by atoms with E-state index in [1.807, 2.05) is 12.1 Å². The van der Waals surface area contributed by atoms with E-state index in [9.17, 15) is 4.79 Å². The van der Waals surface area contributed by atoms with Crippen molar-refractivity contribution in [1.82, 2.24) is 10.2 Å². The fraction of sp³-hybridized carbons (Fsp3) is 0.562. The van der Waals surface area contributed by atoms with Gasteiger partial charge in [-0.05, 0) is 37.1 Å². The first kappa shape index (κ1) is 14.4. The second-order valence-corrected chi connectivity index (χ2v) is 5.88. The number of hydrogen-bond donors (Lipinski definition) is 2. The SMILES string of the molecule is COc1ccc(CN)cc1CN1CCCC2C(=O)NCC21. The Morgan fingerprint density at radius 2 is 2.33 bits per heavy atom. The lowest BCUT2D eigenvalue weighted by molar-refractivity contribution is -0.124. The summed E-state index contributed by atoms with van der Waals surface area (Å²) in [5.41, 5.74) is 8.00. The third-order valence-electron chi connectivity index (χ3n) is 4.67. The molecule has 1 amide bonds. The topological polar surface area (TPSA) is 67.6 Å². The zero-order valence-corrected chi connectivity index (χ0v) is 12.5. The molecule has 2 heterocycles. The van der Waals surface area contributed by atoms with Crippen LogP contribution in [-0.4, -0.2) is 37.0 Å². The molecule has 0 aromatic heterocycles. The Morgan fingerprint density at radius 3 is 3.10 bits per heavy atom. The van der Waals surface area contributed by atoms with Gasteiger partial charge in [-0.15, -0.1) is 0 Å². The molecule has 5 nitrogen and oxygen atoms in total. The van der Waals surface area contributed by atoms with E-state index >= 15 is 0 Å². The summed E-state index contributed by atoms with van der Waals surface area (Å²) in [7, 11) is 1.70. The molecular formula is C16H23N3O2. The van der Waals surface area contributed by atoms with E-state index < -0.39 is 0 Å². The number of nitrogens with zero attached hydrogens (tertiary/aromatic N) is 1. The average molecular weight is 289 g/mol. The van der Waals surface area contributed by atoms with Crippen LogP contribution in [0.15, 0.2) is 18.2 Å². The number of ether oxygens (including phenoxy) is 1. The number of likely N-dealkylation sites (tertiary alicyclic amines) is 1. The highest BCUT2D eigenvalue weighted by Crippen LogP contribution is 2.30. The Kier molecular flexibility index (Phi) is 4.12. The maximum Gasteiger partial charge on any atom is 0.224 e. The van der Waals surface area contributed by atoms with Gasteiger partial charge in [0.05, 0.1) is 13.0 Å². The molecule has 0 bridgehead atoms. The number of hydrogen-bond acceptors (Lipinski definition) is 4. The van der Waals surface area contributed by atoms with Crippen LogP contribution in [0.4, 0.5) is 0 Å². The van der Waals surface area contributed by atoms with Gasteiger partial charge in [-0.1, -0.05) is 6.07 Å². The van der Waals surface area contributed by atoms with Crippen molar-refractivity contribution in [3.8, 4) is 5.75 Å². The Bertz CT molecular complexity index is 532. The van der Waals surface area contributed by atoms with Crippen molar-refractivity contribution in [3.05, 3.63) is 29.3 Å². The highest BCUT2D eigenvalue weighted by molar-refractivity contribution is 5.82. The first-order chi connectivity index (χ1) is 10.2. The van der Waals surface area contributed by atoms with E-state index in [0.717, 1.165) is 49.4 Å². The molecule has 0 aliphatic carbocycles. The van der Waals surface area contributed by atoms with Gasteiger partial charge in [0, 0.05) is 31.2 Å². The van der Waals surface area contributed by atoms with Gasteiger partial charge in [-0.2, -0.15) is 0 Å². The first-order valence-electron chi connectivity index (χ1n) is 7.60. The van der Waals surface area contributed by atoms with Crippen LogP contribution < -0.4 is 15.8 Å². The van der Waals surface area contributed by atoms with E-state index in [1.54, 1.807) is 7.11 Å². The highest BCUT2D eigenvalue weighted by atomic mass is 16.5. The molecule has 0 spiro atoms. The molecule has 2 atom stereocenters. The minimum absolute atomic E-state index is 0.155. The second-order valence-electron chi connectivity index (χ2n) is 5.88. The van der Waals surface area contributed by atoms with Gasteiger partial charge in [-0.3, -0.25) is 9.69 Å². The van der Waals surface area contributed by atoms with E-state index in [-0.39, 0.29) is 11.8 Å². The fourth-order valence-electron chi connectivity index (χ4n) is 3.54. The van der Waals surface area contributed by atoms with E-state index in [4.69, 9.17) is 10.5 Å². The van der Waals surface area contributed by atoms with Gasteiger partial charge in [0.15, 0.2) is 0 Å². The summed E-state index contributed by atoms with van der Waals surface area (Å²) in [5, 5.41) is 3.00. The molecule has 1 aromatic rings. The van der Waals surface area contributed by atoms with Crippen molar-refractivity contribution in [2.24, 2.45) is 11.7 Å². The van der Waals surface area contributed by atoms with Crippen molar-refractivity contribution >= 4 is 5.91 Å². The minimum Gasteiger partial charge on any atom is -0.496 e. The predicted octanol–water partition coefficient (Wildman–Crippen LogP) is 0.864. The largest absolute Gasteiger partial charge is 0.496 e. The van der Waals surface area contributed by atoms with Crippen LogP contribution in [0.3, 0.4) is 0 Å². The molecule has 0 radical (unpaired) electrons. The lowest BCUT2D eigenvalue weighted by atomic mass is 9.91. The lowest BCUT2D eigenvalue weighted by Crippen LogP contribution is -2.44. The summed E-state index contributed by atoms with van der Waals surface area (Å²) >= 11 is 0. The highest BCUT2D eigenvalue weighted by Gasteiger charge is 2.40. The van der Waals surface area contributed by atoms with Gasteiger partial charge in [0.2, 0.25) is 5.91 Å². The second kappa shape index (κ2) is 6.03. The van der Waals surface area contributed by atoms with Crippen LogP contribution in [0.2, 0.25) is 0 Å². The molecule has 2 aliphatic rings. The van der Waals surface area contributed by atoms with Crippen molar-refractivity contribution < 1.29 is 9.53 Å². The van der Waals surface area contributed by atoms with E-state index in [0.29, 0.717) is 12.6 Å². The number of nitrogens with one attached hydrogen (secondary N) is 1. The standard InChI is InChI=1S/C16H23N3O2/c1-21-15-5-4-11(8-17)7-12(15)10-19-6-2-3-13-14(19)9-18-16(13)20/h4-5,7,13-14H,2-3,6,8-10,17H2,1H3,(H,18,20). The van der Waals surface area contributed by atoms with E-state index in [2.05, 4.69) is 16.3 Å². The molecule has 2 aliphatic heterocycles. The molecule has 2 unspecified atom stereocenters. The number of piperidine rings is 1. The van der Waals surface area contributed by atoms with E-state index in [1.165, 1.54) is 0 Å². The molecule has 5 heteroatoms.